The smallest absolute Gasteiger partial charge is 0.177 e. The molecule has 5 heteroatoms. The van der Waals surface area contributed by atoms with E-state index >= 15 is 0 Å². The zero-order valence-electron chi connectivity index (χ0n) is 34.9. The average Bonchev–Trinajstić information content (AvgIpc) is 3.50. The van der Waals surface area contributed by atoms with Crippen molar-refractivity contribution in [1.29, 1.82) is 0 Å². The van der Waals surface area contributed by atoms with Crippen LogP contribution in [0.25, 0.3) is 33.7 Å². The van der Waals surface area contributed by atoms with Gasteiger partial charge < -0.3 is 14.5 Å². The molecule has 1 atom stereocenters. The van der Waals surface area contributed by atoms with E-state index in [2.05, 4.69) is 136 Å². The Bertz CT molecular complexity index is 2460. The first-order chi connectivity index (χ1) is 28.3. The molecule has 2 N–H and O–H groups in total. The van der Waals surface area contributed by atoms with E-state index in [1.54, 1.807) is 5.01 Å². The van der Waals surface area contributed by atoms with Crippen molar-refractivity contribution < 1.29 is 9.47 Å². The van der Waals surface area contributed by atoms with Crippen LogP contribution in [0.2, 0.25) is 0 Å². The van der Waals surface area contributed by atoms with Crippen molar-refractivity contribution >= 4 is 11.3 Å². The van der Waals surface area contributed by atoms with Gasteiger partial charge in [0.25, 0.3) is 0 Å². The summed E-state index contributed by atoms with van der Waals surface area (Å²) in [7, 11) is 1.89. The third-order valence-electron chi connectivity index (χ3n) is 10.9. The Morgan fingerprint density at radius 1 is 0.776 bits per heavy atom. The highest BCUT2D eigenvalue weighted by atomic mass is 16.6. The molecule has 0 amide bonds. The van der Waals surface area contributed by atoms with E-state index in [9.17, 15) is 0 Å². The van der Waals surface area contributed by atoms with Crippen LogP contribution < -0.4 is 15.3 Å². The van der Waals surface area contributed by atoms with Gasteiger partial charge >= 0.3 is 0 Å². The Hall–Kier alpha value is -6.17. The summed E-state index contributed by atoms with van der Waals surface area (Å²) in [5.41, 5.74) is 13.5. The van der Waals surface area contributed by atoms with Crippen LogP contribution >= 0.6 is 0 Å². The van der Waals surface area contributed by atoms with Crippen LogP contribution in [-0.2, 0) is 5.41 Å². The lowest BCUT2D eigenvalue weighted by Crippen LogP contribution is -2.24. The average molecular weight is 766 g/mol. The topological polar surface area (TPSA) is 60.6 Å². The van der Waals surface area contributed by atoms with Crippen molar-refractivity contribution in [1.82, 2.24) is 9.99 Å². The molecule has 6 aromatic rings. The van der Waals surface area contributed by atoms with Gasteiger partial charge in [0.2, 0.25) is 0 Å². The number of hydrazine groups is 1. The van der Waals surface area contributed by atoms with Crippen LogP contribution in [0.5, 0.6) is 23.0 Å². The maximum Gasteiger partial charge on any atom is 0.177 e. The minimum absolute atomic E-state index is 0.0714. The normalized spacial score (nSPS) is 14.8. The zero-order chi connectivity index (χ0) is 40.8. The van der Waals surface area contributed by atoms with Crippen molar-refractivity contribution in [3.05, 3.63) is 185 Å². The van der Waals surface area contributed by atoms with Gasteiger partial charge in [-0.05, 0) is 88.2 Å². The zero-order valence-corrected chi connectivity index (χ0v) is 34.9. The molecule has 1 unspecified atom stereocenters. The Kier molecular flexibility index (Phi) is 12.1. The first kappa shape index (κ1) is 40.0. The number of aromatic nitrogens is 1. The number of ether oxygens (including phenoxy) is 2. The first-order valence-electron chi connectivity index (χ1n) is 20.7. The monoisotopic (exact) mass is 765 g/mol. The molecule has 5 aromatic carbocycles. The Morgan fingerprint density at radius 3 is 2.21 bits per heavy atom. The summed E-state index contributed by atoms with van der Waals surface area (Å²) in [6.45, 7) is 12.9. The number of hydrogen-bond acceptors (Lipinski definition) is 5. The van der Waals surface area contributed by atoms with Gasteiger partial charge in [-0.2, -0.15) is 0 Å². The predicted molar refractivity (Wildman–Crippen MR) is 242 cm³/mol. The van der Waals surface area contributed by atoms with Crippen LogP contribution in [0, 0.1) is 0 Å². The number of benzene rings is 5. The van der Waals surface area contributed by atoms with E-state index in [1.807, 2.05) is 69.6 Å². The van der Waals surface area contributed by atoms with E-state index < -0.39 is 0 Å². The SMILES string of the molecule is CC.CCC.CN(N)/C(=C\C(c1ccc(-c2cccc3c2Oc2ccc4c(c2O3)C2=C(C=CCC2)C4(C)C)cc1)c1cccc(-c2ccccn2)c1)c1ccccc1. The number of rotatable bonds is 7. The Labute approximate surface area is 345 Å². The molecule has 2 heterocycles. The highest BCUT2D eigenvalue weighted by Gasteiger charge is 2.41. The molecule has 0 bridgehead atoms. The molecule has 5 nitrogen and oxygen atoms in total. The summed E-state index contributed by atoms with van der Waals surface area (Å²) in [4.78, 5) is 4.62. The number of allylic oxidation sites excluding steroid dienone is 5. The fourth-order valence-corrected chi connectivity index (χ4v) is 8.23. The maximum atomic E-state index is 6.79. The summed E-state index contributed by atoms with van der Waals surface area (Å²) in [6, 6.07) is 44.2. The van der Waals surface area contributed by atoms with Crippen LogP contribution in [0.1, 0.15) is 94.5 Å². The van der Waals surface area contributed by atoms with Gasteiger partial charge in [-0.3, -0.25) is 4.98 Å². The highest BCUT2D eigenvalue weighted by Crippen LogP contribution is 2.59. The van der Waals surface area contributed by atoms with Crippen molar-refractivity contribution in [2.75, 3.05) is 7.05 Å². The van der Waals surface area contributed by atoms with Crippen LogP contribution in [0.3, 0.4) is 0 Å². The van der Waals surface area contributed by atoms with Gasteiger partial charge in [-0.25, -0.2) is 5.84 Å². The molecule has 294 valence electrons. The standard InChI is InChI=1S/C48H41N3O2.C3H8.C2H6/c1-48(2)39-19-8-7-17-37(39)45-40(48)26-27-44-47(45)53-43-21-12-18-36(46(43)52-44)31-22-24-32(25-23-31)38(30-42(51(3)49)33-13-5-4-6-14-33)34-15-11-16-35(29-34)41-20-9-10-28-50-41;1-3-2;1-2/h4-6,8-16,18-30,38H,7,17,49H2,1-3H3;3H2,1-2H3;1-2H3/b42-30-;;. The summed E-state index contributed by atoms with van der Waals surface area (Å²) in [6.07, 6.45) is 12.0. The Morgan fingerprint density at radius 2 is 1.48 bits per heavy atom. The summed E-state index contributed by atoms with van der Waals surface area (Å²) in [5, 5.41) is 1.70. The second kappa shape index (κ2) is 17.5. The van der Waals surface area contributed by atoms with Crippen LogP contribution in [-0.4, -0.2) is 17.0 Å². The van der Waals surface area contributed by atoms with Gasteiger partial charge in [0.1, 0.15) is 0 Å². The van der Waals surface area contributed by atoms with Crippen LogP contribution in [0.4, 0.5) is 0 Å². The van der Waals surface area contributed by atoms with E-state index in [0.29, 0.717) is 0 Å². The third kappa shape index (κ3) is 7.75. The largest absolute Gasteiger partial charge is 0.449 e. The second-order valence-corrected chi connectivity index (χ2v) is 15.3. The quantitative estimate of drug-likeness (QED) is 0.129. The van der Waals surface area contributed by atoms with Gasteiger partial charge in [0.05, 0.1) is 11.4 Å². The van der Waals surface area contributed by atoms with E-state index in [0.717, 1.165) is 80.6 Å². The Balaban J connectivity index is 0.000000980. The maximum absolute atomic E-state index is 6.79. The number of fused-ring (bicyclic) bond motifs is 5. The third-order valence-corrected chi connectivity index (χ3v) is 10.9. The summed E-state index contributed by atoms with van der Waals surface area (Å²) < 4.78 is 13.6. The van der Waals surface area contributed by atoms with Gasteiger partial charge in [-0.15, -0.1) is 0 Å². The highest BCUT2D eigenvalue weighted by molar-refractivity contribution is 5.89. The number of para-hydroxylation sites is 1. The molecule has 0 saturated carbocycles. The summed E-state index contributed by atoms with van der Waals surface area (Å²) in [5.74, 6) is 9.46. The number of pyridine rings is 1. The molecule has 0 fully saturated rings. The molecular weight excluding hydrogens is 711 g/mol. The van der Waals surface area contributed by atoms with Crippen molar-refractivity contribution in [3.8, 4) is 45.4 Å². The van der Waals surface area contributed by atoms with Gasteiger partial charge in [-0.1, -0.05) is 157 Å². The molecule has 3 aliphatic rings. The van der Waals surface area contributed by atoms with Gasteiger partial charge in [0.15, 0.2) is 23.0 Å². The molecule has 2 aliphatic carbocycles. The van der Waals surface area contributed by atoms with Crippen LogP contribution in [0.15, 0.2) is 157 Å². The molecule has 58 heavy (non-hydrogen) atoms. The predicted octanol–water partition coefficient (Wildman–Crippen LogP) is 14.1. The molecule has 9 rings (SSSR count). The molecule has 1 aliphatic heterocycles. The van der Waals surface area contributed by atoms with Crippen molar-refractivity contribution in [3.63, 3.8) is 0 Å². The fraction of sp³-hybridized carbons (Fsp3) is 0.226. The van der Waals surface area contributed by atoms with Crippen molar-refractivity contribution in [2.45, 2.75) is 72.1 Å². The lowest BCUT2D eigenvalue weighted by atomic mass is 9.80. The summed E-state index contributed by atoms with van der Waals surface area (Å²) >= 11 is 0. The molecule has 1 aromatic heterocycles. The lowest BCUT2D eigenvalue weighted by Gasteiger charge is -2.27. The minimum Gasteiger partial charge on any atom is -0.449 e. The van der Waals surface area contributed by atoms with Crippen molar-refractivity contribution in [2.24, 2.45) is 5.84 Å². The number of hydrogen-bond donors (Lipinski definition) is 1. The number of nitrogens with zero attached hydrogens (tertiary/aromatic N) is 2. The first-order valence-corrected chi connectivity index (χ1v) is 20.7. The molecule has 0 saturated heterocycles. The lowest BCUT2D eigenvalue weighted by molar-refractivity contribution is 0.359. The second-order valence-electron chi connectivity index (χ2n) is 15.3. The van der Waals surface area contributed by atoms with E-state index in [-0.39, 0.29) is 11.3 Å². The van der Waals surface area contributed by atoms with E-state index in [4.69, 9.17) is 15.3 Å². The molecule has 0 spiro atoms. The fourth-order valence-electron chi connectivity index (χ4n) is 8.23. The minimum atomic E-state index is -0.0924. The molecular formula is C53H55N3O2. The number of nitrogens with two attached hydrogens (primary N) is 1. The van der Waals surface area contributed by atoms with E-state index in [1.165, 1.54) is 28.7 Å². The molecule has 0 radical (unpaired) electrons. The van der Waals surface area contributed by atoms with Gasteiger partial charge in [0, 0.05) is 41.3 Å².